The van der Waals surface area contributed by atoms with Gasteiger partial charge in [0.1, 0.15) is 0 Å². The molecule has 0 fully saturated rings. The van der Waals surface area contributed by atoms with Crippen LogP contribution in [0.4, 0.5) is 0 Å². The predicted molar refractivity (Wildman–Crippen MR) is 329 cm³/mol. The first kappa shape index (κ1) is 58.0. The summed E-state index contributed by atoms with van der Waals surface area (Å²) in [7, 11) is -13.0. The Morgan fingerprint density at radius 3 is 0.649 bits per heavy atom. The van der Waals surface area contributed by atoms with Gasteiger partial charge in [-0.15, -0.1) is 0 Å². The first-order chi connectivity index (χ1) is 34.2. The molecule has 2 spiro atoms. The molecule has 0 aromatic heterocycles. The van der Waals surface area contributed by atoms with Crippen molar-refractivity contribution < 1.29 is 54.3 Å². The second kappa shape index (κ2) is 17.9. The van der Waals surface area contributed by atoms with E-state index in [9.17, 15) is 0 Å². The average Bonchev–Trinajstić information content (AvgIpc) is 4.20. The van der Waals surface area contributed by atoms with E-state index in [4.69, 9.17) is 182 Å². The molecule has 6 aromatic carbocycles. The minimum absolute atomic E-state index is 0.0292. The van der Waals surface area contributed by atoms with E-state index in [-0.39, 0.29) is 124 Å². The molecule has 0 atom stereocenters. The second-order valence-corrected chi connectivity index (χ2v) is 35.0. The van der Waals surface area contributed by atoms with Gasteiger partial charge >= 0.3 is 570 Å². The number of benzene rings is 6. The van der Waals surface area contributed by atoms with Crippen molar-refractivity contribution in [1.82, 2.24) is 0 Å². The molecule has 0 aliphatic carbocycles. The van der Waals surface area contributed by atoms with E-state index in [1.54, 1.807) is 6.92 Å². The molecule has 0 unspecified atom stereocenters. The molecule has 36 heteroatoms. The number of fused-ring (bicyclic) bond motifs is 6. The fourth-order valence-corrected chi connectivity index (χ4v) is 24.9. The van der Waals surface area contributed by atoms with Gasteiger partial charge in [-0.1, -0.05) is 0 Å². The van der Waals surface area contributed by atoms with Crippen molar-refractivity contribution in [3.63, 3.8) is 0 Å². The van der Waals surface area contributed by atoms with E-state index in [1.165, 1.54) is 0 Å². The number of halogens is 22. The van der Waals surface area contributed by atoms with Gasteiger partial charge in [0.05, 0.1) is 0 Å². The normalized spacial score (nSPS) is 20.1. The predicted octanol–water partition coefficient (Wildman–Crippen LogP) is 26.2. The van der Waals surface area contributed by atoms with E-state index in [1.807, 2.05) is 6.92 Å². The van der Waals surface area contributed by atoms with Crippen molar-refractivity contribution in [2.75, 3.05) is 0 Å². The van der Waals surface area contributed by atoms with Crippen LogP contribution in [0.5, 0.6) is 69.0 Å². The van der Waals surface area contributed by atoms with Crippen LogP contribution in [0.25, 0.3) is 0 Å². The summed E-state index contributed by atoms with van der Waals surface area (Å²) in [6.45, 7) is 3.48. The van der Waals surface area contributed by atoms with Gasteiger partial charge in [-0.05, 0) is 0 Å². The third kappa shape index (κ3) is 7.51. The van der Waals surface area contributed by atoms with E-state index in [2.05, 4.69) is 175 Å². The van der Waals surface area contributed by atoms with Gasteiger partial charge in [0.15, 0.2) is 0 Å². The third-order valence-electron chi connectivity index (χ3n) is 11.0. The Bertz CT molecular complexity index is 2970. The summed E-state index contributed by atoms with van der Waals surface area (Å²) >= 11 is 110. The molecule has 6 aliphatic rings. The fourth-order valence-electron chi connectivity index (χ4n) is 7.60. The fraction of sp³-hybridized carbons (Fsp3) is 0.0526. The molecule has 6 aromatic rings. The molecule has 74 heavy (non-hydrogen) atoms. The van der Waals surface area contributed by atoms with Crippen molar-refractivity contribution in [2.45, 2.75) is 13.8 Å². The molecular formula is C38H6Br11Cl11O12P2-2. The third-order valence-corrected chi connectivity index (χ3v) is 35.2. The topological polar surface area (TPSA) is 111 Å². The second-order valence-electron chi connectivity index (χ2n) is 15.4. The van der Waals surface area contributed by atoms with Gasteiger partial charge in [-0.3, -0.25) is 0 Å². The number of hydrogen-bond donors (Lipinski definition) is 0. The molecular weight excluding hydrogens is 1980 g/mol. The van der Waals surface area contributed by atoms with Crippen LogP contribution in [-0.4, -0.2) is 0 Å². The molecule has 6 heterocycles. The number of rotatable bonds is 0. The molecule has 6 aliphatic heterocycles. The van der Waals surface area contributed by atoms with Crippen molar-refractivity contribution in [3.8, 4) is 69.0 Å². The summed E-state index contributed by atoms with van der Waals surface area (Å²) in [5, 5.41) is -1.92. The van der Waals surface area contributed by atoms with Crippen molar-refractivity contribution >= 4 is 317 Å². The minimum atomic E-state index is -6.75. The van der Waals surface area contributed by atoms with E-state index in [0.29, 0.717) is 50.3 Å². The Morgan fingerprint density at radius 1 is 0.203 bits per heavy atom. The van der Waals surface area contributed by atoms with Crippen LogP contribution < -0.4 is 54.3 Å². The molecule has 396 valence electrons. The van der Waals surface area contributed by atoms with Crippen LogP contribution in [0.2, 0.25) is 55.2 Å². The first-order valence-electron chi connectivity index (χ1n) is 18.8. The summed E-state index contributed by atoms with van der Waals surface area (Å²) < 4.78 is 83.6. The Kier molecular flexibility index (Phi) is 14.0. The Labute approximate surface area is 561 Å². The van der Waals surface area contributed by atoms with Gasteiger partial charge in [0.25, 0.3) is 0 Å². The maximum absolute atomic E-state index is 6.75. The average molecular weight is 1990 g/mol. The van der Waals surface area contributed by atoms with Gasteiger partial charge in [0, 0.05) is 0 Å². The van der Waals surface area contributed by atoms with Crippen LogP contribution in [0.15, 0.2) is 49.2 Å². The van der Waals surface area contributed by atoms with Crippen molar-refractivity contribution in [3.05, 3.63) is 116 Å². The zero-order chi connectivity index (χ0) is 54.1. The van der Waals surface area contributed by atoms with Crippen LogP contribution in [0, 0.1) is 13.8 Å². The van der Waals surface area contributed by atoms with Gasteiger partial charge < -0.3 is 0 Å². The molecule has 0 saturated heterocycles. The van der Waals surface area contributed by atoms with E-state index in [0.717, 1.165) is 10.0 Å². The molecule has 0 saturated carbocycles. The standard InChI is InChI=1S/C19H3Br11O6P.C19H3Cl11O6P/c2*1-2-3(20)9(26)15-14(4(2)21)31-37(32-15,33-16-10(27)5(22)6(23)11(28)17(16)34-37)35-18-12(29)7(24)8(25)13(30)19(18)36-37/h2*1H3/q2*-1. The molecule has 0 radical (unpaired) electrons. The van der Waals surface area contributed by atoms with Gasteiger partial charge in [0.2, 0.25) is 0 Å². The molecule has 0 N–H and O–H groups in total. The zero-order valence-electron chi connectivity index (χ0n) is 34.1. The molecule has 12 nitrogen and oxygen atoms in total. The van der Waals surface area contributed by atoms with Gasteiger partial charge in [-0.2, -0.15) is 0 Å². The van der Waals surface area contributed by atoms with Crippen molar-refractivity contribution in [1.29, 1.82) is 0 Å². The van der Waals surface area contributed by atoms with Crippen molar-refractivity contribution in [2.24, 2.45) is 0 Å². The summed E-state index contributed by atoms with van der Waals surface area (Å²) in [6.07, 6.45) is 0. The molecule has 0 bridgehead atoms. The zero-order valence-corrected chi connectivity index (χ0v) is 61.7. The molecule has 12 rings (SSSR count). The van der Waals surface area contributed by atoms with Crippen LogP contribution in [0.1, 0.15) is 11.1 Å². The van der Waals surface area contributed by atoms with Crippen LogP contribution >= 0.6 is 317 Å². The first-order valence-corrected chi connectivity index (χ1v) is 36.1. The van der Waals surface area contributed by atoms with E-state index >= 15 is 0 Å². The summed E-state index contributed by atoms with van der Waals surface area (Å²) in [4.78, 5) is 0. The SMILES string of the molecule is Cc1c(Br)c(Br)c2c(c1Br)O[P-]13(O2)(Oc2c(Br)c(Br)c(Br)c(Br)c2O1)Oc1c(Br)c(Br)c(Br)c(Br)c1O3.Cc1c(Cl)c(Cl)c2c(c1Cl)O[P-]13(O2)(Oc2c(Cl)c(Cl)c(Cl)c(Cl)c2O1)Oc1c(Cl)c(Cl)c(Cl)c(Cl)c1O3. The van der Waals surface area contributed by atoms with Crippen LogP contribution in [0.3, 0.4) is 0 Å². The van der Waals surface area contributed by atoms with Gasteiger partial charge in [-0.25, -0.2) is 0 Å². The Hall–Kier alpha value is 2.25. The summed E-state index contributed by atoms with van der Waals surface area (Å²) in [6, 6.07) is 0. The number of hydrogen-bond acceptors (Lipinski definition) is 12. The quantitative estimate of drug-likeness (QED) is 0.0820. The molecule has 0 amide bonds. The summed E-state index contributed by atoms with van der Waals surface area (Å²) in [5.41, 5.74) is 1.15. The summed E-state index contributed by atoms with van der Waals surface area (Å²) in [5.74, 6) is -0.361. The maximum atomic E-state index is 6.67. The van der Waals surface area contributed by atoms with E-state index < -0.39 is 14.6 Å². The Balaban J connectivity index is 0.000000159. The van der Waals surface area contributed by atoms with Crippen LogP contribution in [-0.2, 0) is 0 Å². The monoisotopic (exact) mass is 1970 g/mol. The Morgan fingerprint density at radius 2 is 0.392 bits per heavy atom.